The third kappa shape index (κ3) is 2.32. The number of rotatable bonds is 3. The molecule has 0 fully saturated rings. The lowest BCUT2D eigenvalue weighted by molar-refractivity contribution is 0.0956. The fourth-order valence-electron chi connectivity index (χ4n) is 2.23. The number of nitrogens with zero attached hydrogens (tertiary/aromatic N) is 2. The van der Waals surface area contributed by atoms with Crippen molar-refractivity contribution in [3.63, 3.8) is 0 Å². The van der Waals surface area contributed by atoms with Crippen molar-refractivity contribution in [1.82, 2.24) is 19.9 Å². The van der Waals surface area contributed by atoms with E-state index in [2.05, 4.69) is 31.4 Å². The first-order chi connectivity index (χ1) is 10.1. The van der Waals surface area contributed by atoms with Crippen molar-refractivity contribution >= 4 is 38.4 Å². The van der Waals surface area contributed by atoms with Gasteiger partial charge in [0.15, 0.2) is 5.65 Å². The molecule has 0 aliphatic carbocycles. The minimum absolute atomic E-state index is 0.245. The summed E-state index contributed by atoms with van der Waals surface area (Å²) in [5.74, 6) is -0.245. The Hall–Kier alpha value is -2.19. The maximum absolute atomic E-state index is 12.2. The first-order valence-corrected chi connectivity index (χ1v) is 7.09. The molecule has 108 valence electrons. The Morgan fingerprint density at radius 2 is 2.24 bits per heavy atom. The third-order valence-corrected chi connectivity index (χ3v) is 3.63. The van der Waals surface area contributed by atoms with Crippen LogP contribution in [0.4, 0.5) is 0 Å². The Labute approximate surface area is 127 Å². The van der Waals surface area contributed by atoms with Gasteiger partial charge in [0.2, 0.25) is 0 Å². The van der Waals surface area contributed by atoms with Crippen molar-refractivity contribution in [3.8, 4) is 0 Å². The molecule has 0 atom stereocenters. The summed E-state index contributed by atoms with van der Waals surface area (Å²) in [6.07, 6.45) is 0. The first-order valence-electron chi connectivity index (χ1n) is 6.29. The van der Waals surface area contributed by atoms with E-state index in [-0.39, 0.29) is 11.6 Å². The topological polar surface area (TPSA) is 105 Å². The van der Waals surface area contributed by atoms with Gasteiger partial charge >= 0.3 is 5.69 Å². The van der Waals surface area contributed by atoms with Crippen LogP contribution in [-0.4, -0.2) is 33.6 Å². The van der Waals surface area contributed by atoms with Crippen LogP contribution in [0.1, 0.15) is 10.4 Å². The number of carbonyl (C=O) groups is 1. The molecule has 3 rings (SSSR count). The van der Waals surface area contributed by atoms with Crippen molar-refractivity contribution in [1.29, 1.82) is 0 Å². The van der Waals surface area contributed by atoms with Crippen molar-refractivity contribution in [2.75, 3.05) is 13.1 Å². The van der Waals surface area contributed by atoms with Crippen LogP contribution < -0.4 is 16.7 Å². The fourth-order valence-corrected chi connectivity index (χ4v) is 2.58. The average Bonchev–Trinajstić information content (AvgIpc) is 2.85. The second kappa shape index (κ2) is 5.30. The van der Waals surface area contributed by atoms with Gasteiger partial charge in [-0.15, -0.1) is 0 Å². The van der Waals surface area contributed by atoms with Crippen molar-refractivity contribution in [2.45, 2.75) is 0 Å². The van der Waals surface area contributed by atoms with E-state index in [0.717, 1.165) is 4.47 Å². The van der Waals surface area contributed by atoms with Gasteiger partial charge < -0.3 is 11.1 Å². The predicted octanol–water partition coefficient (Wildman–Crippen LogP) is 0.627. The summed E-state index contributed by atoms with van der Waals surface area (Å²) < 4.78 is 2.24. The summed E-state index contributed by atoms with van der Waals surface area (Å²) in [6.45, 7) is 0.745. The van der Waals surface area contributed by atoms with Crippen LogP contribution in [0.15, 0.2) is 33.5 Å². The number of carbonyl (C=O) groups excluding carboxylic acids is 1. The lowest BCUT2D eigenvalue weighted by atomic mass is 10.1. The molecule has 0 saturated carbocycles. The smallest absolute Gasteiger partial charge is 0.348 e. The first kappa shape index (κ1) is 13.8. The summed E-state index contributed by atoms with van der Waals surface area (Å²) in [5, 5.41) is 9.71. The molecule has 8 heteroatoms. The molecule has 1 amide bonds. The molecule has 4 N–H and O–H groups in total. The minimum atomic E-state index is -0.345. The highest BCUT2D eigenvalue weighted by Gasteiger charge is 2.15. The van der Waals surface area contributed by atoms with E-state index >= 15 is 0 Å². The maximum atomic E-state index is 12.2. The van der Waals surface area contributed by atoms with Crippen molar-refractivity contribution in [3.05, 3.63) is 44.8 Å². The summed E-state index contributed by atoms with van der Waals surface area (Å²) in [4.78, 5) is 24.1. The number of benzene rings is 1. The Balaban J connectivity index is 2.33. The molecule has 0 radical (unpaired) electrons. The Morgan fingerprint density at radius 1 is 1.43 bits per heavy atom. The SMILES string of the molecule is NCCNC(=O)c1cc2n[nH]c(=O)n2c2cc(Br)ccc12. The van der Waals surface area contributed by atoms with E-state index in [4.69, 9.17) is 5.73 Å². The normalized spacial score (nSPS) is 11.1. The second-order valence-corrected chi connectivity index (χ2v) is 5.40. The lowest BCUT2D eigenvalue weighted by Gasteiger charge is -2.09. The zero-order valence-corrected chi connectivity index (χ0v) is 12.5. The Bertz CT molecular complexity index is 899. The van der Waals surface area contributed by atoms with Gasteiger partial charge in [-0.25, -0.2) is 14.3 Å². The number of H-pyrrole nitrogens is 1. The molecule has 2 aromatic heterocycles. The van der Waals surface area contributed by atoms with E-state index in [9.17, 15) is 9.59 Å². The van der Waals surface area contributed by atoms with Gasteiger partial charge in [-0.1, -0.05) is 22.0 Å². The quantitative estimate of drug-likeness (QED) is 0.644. The highest BCUT2D eigenvalue weighted by molar-refractivity contribution is 9.10. The number of hydrogen-bond donors (Lipinski definition) is 3. The number of aromatic nitrogens is 3. The minimum Gasteiger partial charge on any atom is -0.351 e. The van der Waals surface area contributed by atoms with Gasteiger partial charge in [0.1, 0.15) is 0 Å². The third-order valence-electron chi connectivity index (χ3n) is 3.14. The summed E-state index contributed by atoms with van der Waals surface area (Å²) in [6, 6.07) is 6.97. The molecule has 0 bridgehead atoms. The van der Waals surface area contributed by atoms with Crippen LogP contribution in [0.25, 0.3) is 16.6 Å². The second-order valence-electron chi connectivity index (χ2n) is 4.49. The van der Waals surface area contributed by atoms with Crippen molar-refractivity contribution in [2.24, 2.45) is 5.73 Å². The molecule has 0 spiro atoms. The molecule has 1 aromatic carbocycles. The van der Waals surface area contributed by atoms with Crippen LogP contribution in [0.2, 0.25) is 0 Å². The summed E-state index contributed by atoms with van der Waals surface area (Å²) in [5.41, 5.74) is 6.51. The Morgan fingerprint density at radius 3 is 3.00 bits per heavy atom. The van der Waals surface area contributed by atoms with Gasteiger partial charge in [-0.05, 0) is 18.2 Å². The van der Waals surface area contributed by atoms with Crippen LogP contribution in [0.5, 0.6) is 0 Å². The number of nitrogens with one attached hydrogen (secondary N) is 2. The van der Waals surface area contributed by atoms with Gasteiger partial charge in [-0.2, -0.15) is 5.10 Å². The molecular formula is C13H12BrN5O2. The van der Waals surface area contributed by atoms with Gasteiger partial charge in [0.25, 0.3) is 5.91 Å². The number of amides is 1. The molecule has 7 nitrogen and oxygen atoms in total. The Kier molecular flexibility index (Phi) is 3.48. The number of hydrogen-bond acceptors (Lipinski definition) is 4. The van der Waals surface area contributed by atoms with E-state index < -0.39 is 0 Å². The summed E-state index contributed by atoms with van der Waals surface area (Å²) in [7, 11) is 0. The molecule has 0 saturated heterocycles. The molecular weight excluding hydrogens is 338 g/mol. The lowest BCUT2D eigenvalue weighted by Crippen LogP contribution is -2.29. The highest BCUT2D eigenvalue weighted by Crippen LogP contribution is 2.23. The van der Waals surface area contributed by atoms with E-state index in [1.807, 2.05) is 6.07 Å². The number of aromatic amines is 1. The zero-order chi connectivity index (χ0) is 15.0. The number of pyridine rings is 1. The van der Waals surface area contributed by atoms with Crippen LogP contribution in [-0.2, 0) is 0 Å². The number of halogens is 1. The fraction of sp³-hybridized carbons (Fsp3) is 0.154. The van der Waals surface area contributed by atoms with Crippen LogP contribution in [0, 0.1) is 0 Å². The predicted molar refractivity (Wildman–Crippen MR) is 82.4 cm³/mol. The maximum Gasteiger partial charge on any atom is 0.348 e. The van der Waals surface area contributed by atoms with E-state index in [1.54, 1.807) is 18.2 Å². The molecule has 0 aliphatic heterocycles. The van der Waals surface area contributed by atoms with Gasteiger partial charge in [0, 0.05) is 22.9 Å². The number of nitrogens with two attached hydrogens (primary N) is 1. The largest absolute Gasteiger partial charge is 0.351 e. The van der Waals surface area contributed by atoms with E-state index in [1.165, 1.54) is 4.40 Å². The van der Waals surface area contributed by atoms with Crippen molar-refractivity contribution < 1.29 is 4.79 Å². The molecule has 0 unspecified atom stereocenters. The highest BCUT2D eigenvalue weighted by atomic mass is 79.9. The van der Waals surface area contributed by atoms with Crippen LogP contribution in [0.3, 0.4) is 0 Å². The standard InChI is InChI=1S/C13H12BrN5O2/c14-7-1-2-8-9(12(20)16-4-3-15)6-11-17-18-13(21)19(11)10(8)5-7/h1-2,5-6H,3-4,15H2,(H,16,20)(H,18,21). The molecule has 3 aromatic rings. The molecule has 21 heavy (non-hydrogen) atoms. The average molecular weight is 350 g/mol. The molecule has 2 heterocycles. The van der Waals surface area contributed by atoms with Gasteiger partial charge in [-0.3, -0.25) is 4.79 Å². The monoisotopic (exact) mass is 349 g/mol. The summed E-state index contributed by atoms with van der Waals surface area (Å²) >= 11 is 3.37. The van der Waals surface area contributed by atoms with Crippen LogP contribution >= 0.6 is 15.9 Å². The number of fused-ring (bicyclic) bond motifs is 3. The van der Waals surface area contributed by atoms with E-state index in [0.29, 0.717) is 35.2 Å². The van der Waals surface area contributed by atoms with Gasteiger partial charge in [0.05, 0.1) is 11.1 Å². The zero-order valence-electron chi connectivity index (χ0n) is 10.9. The molecule has 0 aliphatic rings.